The largest absolute Gasteiger partial charge is 0.294 e. The summed E-state index contributed by atoms with van der Waals surface area (Å²) in [5, 5.41) is 3.15. The van der Waals surface area contributed by atoms with Crippen molar-refractivity contribution in [2.45, 2.75) is 25.3 Å². The molecule has 1 aliphatic heterocycles. The summed E-state index contributed by atoms with van der Waals surface area (Å²) in [7, 11) is -3.44. The third-order valence-corrected chi connectivity index (χ3v) is 8.16. The molecule has 1 saturated heterocycles. The van der Waals surface area contributed by atoms with E-state index >= 15 is 0 Å². The Morgan fingerprint density at radius 2 is 1.69 bits per heavy atom. The third kappa shape index (κ3) is 4.43. The Morgan fingerprint density at radius 1 is 0.966 bits per heavy atom. The van der Waals surface area contributed by atoms with Crippen LogP contribution in [-0.2, 0) is 16.6 Å². The number of sulfonamides is 1. The highest BCUT2D eigenvalue weighted by Crippen LogP contribution is 2.24. The van der Waals surface area contributed by atoms with Gasteiger partial charge in [0.25, 0.3) is 0 Å². The van der Waals surface area contributed by atoms with Crippen molar-refractivity contribution in [2.24, 2.45) is 0 Å². The monoisotopic (exact) mass is 427 g/mol. The Morgan fingerprint density at radius 3 is 2.38 bits per heavy atom. The number of piperazine rings is 1. The molecule has 0 atom stereocenters. The van der Waals surface area contributed by atoms with Crippen LogP contribution in [0.25, 0.3) is 11.3 Å². The second kappa shape index (κ2) is 8.36. The van der Waals surface area contributed by atoms with E-state index in [2.05, 4.69) is 22.4 Å². The first-order chi connectivity index (χ1) is 13.9. The maximum absolute atomic E-state index is 13.0. The van der Waals surface area contributed by atoms with Crippen LogP contribution in [0.2, 0.25) is 0 Å². The van der Waals surface area contributed by atoms with Gasteiger partial charge in [-0.25, -0.2) is 13.4 Å². The highest BCUT2D eigenvalue weighted by atomic mass is 32.2. The van der Waals surface area contributed by atoms with Gasteiger partial charge in [0.15, 0.2) is 0 Å². The molecule has 0 spiro atoms. The van der Waals surface area contributed by atoms with E-state index in [1.165, 1.54) is 0 Å². The lowest BCUT2D eigenvalue weighted by Crippen LogP contribution is -2.48. The van der Waals surface area contributed by atoms with E-state index in [4.69, 9.17) is 4.98 Å². The Labute approximate surface area is 176 Å². The number of benzene rings is 2. The van der Waals surface area contributed by atoms with Crippen molar-refractivity contribution < 1.29 is 8.42 Å². The molecule has 0 radical (unpaired) electrons. The van der Waals surface area contributed by atoms with Crippen molar-refractivity contribution >= 4 is 21.4 Å². The molecule has 5 nitrogen and oxygen atoms in total. The summed E-state index contributed by atoms with van der Waals surface area (Å²) in [5.41, 5.74) is 4.23. The fourth-order valence-corrected chi connectivity index (χ4v) is 5.82. The molecular weight excluding hydrogens is 402 g/mol. The lowest BCUT2D eigenvalue weighted by molar-refractivity contribution is 0.181. The first kappa shape index (κ1) is 20.2. The van der Waals surface area contributed by atoms with Crippen molar-refractivity contribution in [1.29, 1.82) is 0 Å². The van der Waals surface area contributed by atoms with Crippen LogP contribution in [0.1, 0.15) is 16.1 Å². The molecule has 1 fully saturated rings. The van der Waals surface area contributed by atoms with Crippen LogP contribution >= 0.6 is 11.3 Å². The summed E-state index contributed by atoms with van der Waals surface area (Å²) < 4.78 is 27.5. The van der Waals surface area contributed by atoms with Crippen LogP contribution in [0.15, 0.2) is 58.8 Å². The van der Waals surface area contributed by atoms with E-state index in [0.717, 1.165) is 33.9 Å². The Balaban J connectivity index is 1.38. The van der Waals surface area contributed by atoms with E-state index < -0.39 is 10.0 Å². The molecule has 0 aliphatic carbocycles. The smallest absolute Gasteiger partial charge is 0.243 e. The SMILES string of the molecule is Cc1ccc(S(=O)(=O)N2CCN(Cc3nc(-c4ccccc4)cs3)CC2)cc1C. The Hall–Kier alpha value is -2.06. The normalized spacial score (nSPS) is 16.2. The Kier molecular flexibility index (Phi) is 5.83. The lowest BCUT2D eigenvalue weighted by atomic mass is 10.1. The van der Waals surface area contributed by atoms with E-state index in [1.54, 1.807) is 27.8 Å². The van der Waals surface area contributed by atoms with Crippen molar-refractivity contribution in [2.75, 3.05) is 26.2 Å². The maximum Gasteiger partial charge on any atom is 0.243 e. The minimum atomic E-state index is -3.44. The zero-order valence-electron chi connectivity index (χ0n) is 16.7. The molecule has 0 amide bonds. The van der Waals surface area contributed by atoms with Crippen LogP contribution in [0.5, 0.6) is 0 Å². The van der Waals surface area contributed by atoms with Crippen molar-refractivity contribution in [3.05, 3.63) is 70.0 Å². The first-order valence-corrected chi connectivity index (χ1v) is 12.0. The second-order valence-electron chi connectivity index (χ2n) is 7.42. The minimum absolute atomic E-state index is 0.390. The number of rotatable bonds is 5. The molecule has 2 heterocycles. The van der Waals surface area contributed by atoms with Crippen LogP contribution in [0.3, 0.4) is 0 Å². The topological polar surface area (TPSA) is 53.5 Å². The van der Waals surface area contributed by atoms with Crippen molar-refractivity contribution in [1.82, 2.24) is 14.2 Å². The fraction of sp³-hybridized carbons (Fsp3) is 0.318. The molecule has 29 heavy (non-hydrogen) atoms. The molecular formula is C22H25N3O2S2. The number of hydrogen-bond donors (Lipinski definition) is 0. The molecule has 152 valence electrons. The summed E-state index contributed by atoms with van der Waals surface area (Å²) in [5.74, 6) is 0. The highest BCUT2D eigenvalue weighted by Gasteiger charge is 2.29. The zero-order valence-corrected chi connectivity index (χ0v) is 18.3. The molecule has 0 unspecified atom stereocenters. The quantitative estimate of drug-likeness (QED) is 0.619. The standard InChI is InChI=1S/C22H25N3O2S2/c1-17-8-9-20(14-18(17)2)29(26,27)25-12-10-24(11-13-25)15-22-23-21(16-28-22)19-6-4-3-5-7-19/h3-9,14,16H,10-13,15H2,1-2H3. The Bertz CT molecular complexity index is 1090. The molecule has 3 aromatic rings. The van der Waals surface area contributed by atoms with Crippen LogP contribution in [0, 0.1) is 13.8 Å². The van der Waals surface area contributed by atoms with Crippen molar-refractivity contribution in [3.63, 3.8) is 0 Å². The minimum Gasteiger partial charge on any atom is -0.294 e. The molecule has 4 rings (SSSR count). The van der Waals surface area contributed by atoms with Gasteiger partial charge >= 0.3 is 0 Å². The number of aryl methyl sites for hydroxylation is 2. The summed E-state index contributed by atoms with van der Waals surface area (Å²) in [6, 6.07) is 15.5. The summed E-state index contributed by atoms with van der Waals surface area (Å²) >= 11 is 1.66. The molecule has 1 aromatic heterocycles. The number of aromatic nitrogens is 1. The summed E-state index contributed by atoms with van der Waals surface area (Å²) in [6.07, 6.45) is 0. The number of nitrogens with zero attached hydrogens (tertiary/aromatic N) is 3. The summed E-state index contributed by atoms with van der Waals surface area (Å²) in [6.45, 7) is 7.14. The average molecular weight is 428 g/mol. The van der Waals surface area contributed by atoms with Gasteiger partial charge in [-0.05, 0) is 37.1 Å². The fourth-order valence-electron chi connectivity index (χ4n) is 3.47. The predicted molar refractivity (Wildman–Crippen MR) is 118 cm³/mol. The average Bonchev–Trinajstić information content (AvgIpc) is 3.19. The van der Waals surface area contributed by atoms with Gasteiger partial charge in [0, 0.05) is 37.1 Å². The van der Waals surface area contributed by atoms with E-state index in [-0.39, 0.29) is 0 Å². The van der Waals surface area contributed by atoms with Gasteiger partial charge in [0.05, 0.1) is 17.1 Å². The van der Waals surface area contributed by atoms with E-state index in [0.29, 0.717) is 31.1 Å². The van der Waals surface area contributed by atoms with Gasteiger partial charge < -0.3 is 0 Å². The molecule has 7 heteroatoms. The molecule has 2 aromatic carbocycles. The first-order valence-electron chi connectivity index (χ1n) is 9.73. The van der Waals surface area contributed by atoms with Gasteiger partial charge in [0.2, 0.25) is 10.0 Å². The third-order valence-electron chi connectivity index (χ3n) is 5.43. The van der Waals surface area contributed by atoms with Crippen LogP contribution < -0.4 is 0 Å². The highest BCUT2D eigenvalue weighted by molar-refractivity contribution is 7.89. The zero-order chi connectivity index (χ0) is 20.4. The summed E-state index contributed by atoms with van der Waals surface area (Å²) in [4.78, 5) is 7.42. The molecule has 1 aliphatic rings. The van der Waals surface area contributed by atoms with Crippen LogP contribution in [-0.4, -0.2) is 48.8 Å². The van der Waals surface area contributed by atoms with Gasteiger partial charge in [-0.3, -0.25) is 4.90 Å². The number of hydrogen-bond acceptors (Lipinski definition) is 5. The second-order valence-corrected chi connectivity index (χ2v) is 10.3. The van der Waals surface area contributed by atoms with Gasteiger partial charge in [-0.1, -0.05) is 36.4 Å². The van der Waals surface area contributed by atoms with Gasteiger partial charge in [-0.2, -0.15) is 4.31 Å². The molecule has 0 bridgehead atoms. The van der Waals surface area contributed by atoms with Gasteiger partial charge in [-0.15, -0.1) is 11.3 Å². The van der Waals surface area contributed by atoms with E-state index in [1.807, 2.05) is 38.1 Å². The number of thiazole rings is 1. The molecule has 0 saturated carbocycles. The lowest BCUT2D eigenvalue weighted by Gasteiger charge is -2.33. The van der Waals surface area contributed by atoms with Gasteiger partial charge in [0.1, 0.15) is 5.01 Å². The predicted octanol–water partition coefficient (Wildman–Crippen LogP) is 3.93. The molecule has 0 N–H and O–H groups in total. The van der Waals surface area contributed by atoms with Crippen molar-refractivity contribution in [3.8, 4) is 11.3 Å². The van der Waals surface area contributed by atoms with E-state index in [9.17, 15) is 8.42 Å². The van der Waals surface area contributed by atoms with Crippen LogP contribution in [0.4, 0.5) is 0 Å². The maximum atomic E-state index is 13.0.